The van der Waals surface area contributed by atoms with E-state index in [0.717, 1.165) is 25.6 Å². The second-order valence-electron chi connectivity index (χ2n) is 7.12. The molecule has 1 aliphatic rings. The van der Waals surface area contributed by atoms with Crippen molar-refractivity contribution in [1.82, 2.24) is 9.80 Å². The van der Waals surface area contributed by atoms with Crippen molar-refractivity contribution >= 4 is 5.96 Å². The number of piperidine rings is 1. The summed E-state index contributed by atoms with van der Waals surface area (Å²) in [6, 6.07) is 9.09. The third-order valence-electron chi connectivity index (χ3n) is 4.94. The van der Waals surface area contributed by atoms with Crippen molar-refractivity contribution in [3.63, 3.8) is 0 Å². The summed E-state index contributed by atoms with van der Waals surface area (Å²) in [5.41, 5.74) is 8.82. The lowest BCUT2D eigenvalue weighted by atomic mass is 10.00. The second kappa shape index (κ2) is 8.34. The van der Waals surface area contributed by atoms with E-state index in [1.807, 2.05) is 0 Å². The molecular formula is C19H32N4. The van der Waals surface area contributed by atoms with Crippen LogP contribution < -0.4 is 5.73 Å². The van der Waals surface area contributed by atoms with Crippen LogP contribution >= 0.6 is 0 Å². The third kappa shape index (κ3) is 5.24. The van der Waals surface area contributed by atoms with Gasteiger partial charge in [0.05, 0.1) is 6.54 Å². The van der Waals surface area contributed by atoms with E-state index in [0.29, 0.717) is 18.5 Å². The molecule has 4 heteroatoms. The van der Waals surface area contributed by atoms with Crippen LogP contribution in [-0.4, -0.2) is 41.9 Å². The average Bonchev–Trinajstić information content (AvgIpc) is 2.54. The maximum Gasteiger partial charge on any atom is 0.191 e. The number of rotatable bonds is 5. The van der Waals surface area contributed by atoms with Gasteiger partial charge >= 0.3 is 0 Å². The largest absolute Gasteiger partial charge is 0.370 e. The monoisotopic (exact) mass is 316 g/mol. The van der Waals surface area contributed by atoms with Crippen molar-refractivity contribution in [1.29, 1.82) is 0 Å². The molecule has 4 nitrogen and oxygen atoms in total. The molecule has 1 fully saturated rings. The van der Waals surface area contributed by atoms with Gasteiger partial charge in [-0.15, -0.1) is 0 Å². The zero-order chi connectivity index (χ0) is 16.8. The molecule has 0 unspecified atom stereocenters. The molecule has 2 N–H and O–H groups in total. The van der Waals surface area contributed by atoms with Gasteiger partial charge in [0.15, 0.2) is 5.96 Å². The van der Waals surface area contributed by atoms with Gasteiger partial charge in [0.2, 0.25) is 0 Å². The Kier molecular flexibility index (Phi) is 6.46. The number of nitrogens with zero attached hydrogens (tertiary/aromatic N) is 3. The minimum absolute atomic E-state index is 0.534. The molecule has 0 atom stereocenters. The van der Waals surface area contributed by atoms with E-state index in [2.05, 4.69) is 66.9 Å². The Morgan fingerprint density at radius 2 is 1.87 bits per heavy atom. The Morgan fingerprint density at radius 3 is 2.48 bits per heavy atom. The minimum atomic E-state index is 0.534. The molecule has 0 saturated carbocycles. The molecule has 0 aromatic heterocycles. The summed E-state index contributed by atoms with van der Waals surface area (Å²) in [5.74, 6) is 1.51. The first-order valence-corrected chi connectivity index (χ1v) is 8.79. The predicted octanol–water partition coefficient (Wildman–Crippen LogP) is 3.07. The van der Waals surface area contributed by atoms with Crippen LogP contribution in [-0.2, 0) is 13.1 Å². The molecule has 1 aliphatic heterocycles. The van der Waals surface area contributed by atoms with Gasteiger partial charge in [0.1, 0.15) is 0 Å². The summed E-state index contributed by atoms with van der Waals surface area (Å²) in [7, 11) is 2.16. The Morgan fingerprint density at radius 1 is 1.26 bits per heavy atom. The van der Waals surface area contributed by atoms with E-state index in [1.54, 1.807) is 0 Å². The molecule has 1 aromatic rings. The summed E-state index contributed by atoms with van der Waals surface area (Å²) in [6.07, 6.45) is 2.43. The number of likely N-dealkylation sites (tertiary alicyclic amines) is 1. The SMILES string of the molecule is CC1CCN(C(N)=NCc2ccccc2CN(C)C(C)C)CC1. The van der Waals surface area contributed by atoms with Crippen LogP contribution in [0.15, 0.2) is 29.3 Å². The van der Waals surface area contributed by atoms with E-state index >= 15 is 0 Å². The highest BCUT2D eigenvalue weighted by atomic mass is 15.3. The summed E-state index contributed by atoms with van der Waals surface area (Å²) in [6.45, 7) is 10.4. The fourth-order valence-electron chi connectivity index (χ4n) is 2.82. The summed E-state index contributed by atoms with van der Waals surface area (Å²) in [5, 5.41) is 0. The number of benzene rings is 1. The Hall–Kier alpha value is -1.55. The van der Waals surface area contributed by atoms with Crippen LogP contribution in [0.5, 0.6) is 0 Å². The van der Waals surface area contributed by atoms with Crippen LogP contribution in [0.1, 0.15) is 44.7 Å². The predicted molar refractivity (Wildman–Crippen MR) is 98.3 cm³/mol. The highest BCUT2D eigenvalue weighted by molar-refractivity contribution is 5.78. The zero-order valence-electron chi connectivity index (χ0n) is 15.1. The Bertz CT molecular complexity index is 516. The molecule has 1 heterocycles. The third-order valence-corrected chi connectivity index (χ3v) is 4.94. The molecule has 0 bridgehead atoms. The van der Waals surface area contributed by atoms with Crippen LogP contribution in [0.4, 0.5) is 0 Å². The molecule has 23 heavy (non-hydrogen) atoms. The zero-order valence-corrected chi connectivity index (χ0v) is 15.1. The van der Waals surface area contributed by atoms with Gasteiger partial charge in [-0.3, -0.25) is 4.90 Å². The smallest absolute Gasteiger partial charge is 0.191 e. The standard InChI is InChI=1S/C19H32N4/c1-15(2)22(4)14-18-8-6-5-7-17(18)13-21-19(20)23-11-9-16(3)10-12-23/h5-8,15-16H,9-14H2,1-4H3,(H2,20,21). The van der Waals surface area contributed by atoms with Gasteiger partial charge in [-0.25, -0.2) is 4.99 Å². The summed E-state index contributed by atoms with van der Waals surface area (Å²) >= 11 is 0. The first-order chi connectivity index (χ1) is 11.0. The summed E-state index contributed by atoms with van der Waals surface area (Å²) < 4.78 is 0. The van der Waals surface area contributed by atoms with Gasteiger partial charge in [0.25, 0.3) is 0 Å². The molecule has 0 radical (unpaired) electrons. The number of aliphatic imine (C=N–C) groups is 1. The van der Waals surface area contributed by atoms with Crippen molar-refractivity contribution in [2.45, 2.75) is 52.7 Å². The average molecular weight is 316 g/mol. The molecule has 1 saturated heterocycles. The van der Waals surface area contributed by atoms with Crippen molar-refractivity contribution in [2.24, 2.45) is 16.6 Å². The topological polar surface area (TPSA) is 44.9 Å². The number of hydrogen-bond acceptors (Lipinski definition) is 2. The fraction of sp³-hybridized carbons (Fsp3) is 0.632. The van der Waals surface area contributed by atoms with Crippen molar-refractivity contribution in [3.8, 4) is 0 Å². The Labute approximate surface area is 141 Å². The number of hydrogen-bond donors (Lipinski definition) is 1. The van der Waals surface area contributed by atoms with Crippen LogP contribution in [0, 0.1) is 5.92 Å². The maximum absolute atomic E-state index is 6.21. The van der Waals surface area contributed by atoms with Crippen LogP contribution in [0.3, 0.4) is 0 Å². The first-order valence-electron chi connectivity index (χ1n) is 8.79. The highest BCUT2D eigenvalue weighted by Crippen LogP contribution is 2.17. The van der Waals surface area contributed by atoms with Crippen molar-refractivity contribution in [2.75, 3.05) is 20.1 Å². The molecule has 1 aromatic carbocycles. The van der Waals surface area contributed by atoms with Gasteiger partial charge in [-0.2, -0.15) is 0 Å². The first kappa shape index (κ1) is 17.8. The molecule has 0 spiro atoms. The maximum atomic E-state index is 6.21. The van der Waals surface area contributed by atoms with E-state index in [9.17, 15) is 0 Å². The van der Waals surface area contributed by atoms with E-state index in [-0.39, 0.29) is 0 Å². The lowest BCUT2D eigenvalue weighted by Gasteiger charge is -2.31. The molecule has 0 aliphatic carbocycles. The lowest BCUT2D eigenvalue weighted by Crippen LogP contribution is -2.42. The lowest BCUT2D eigenvalue weighted by molar-refractivity contribution is 0.265. The van der Waals surface area contributed by atoms with Gasteiger partial charge < -0.3 is 10.6 Å². The van der Waals surface area contributed by atoms with Gasteiger partial charge in [-0.05, 0) is 50.8 Å². The minimum Gasteiger partial charge on any atom is -0.370 e. The quantitative estimate of drug-likeness (QED) is 0.671. The van der Waals surface area contributed by atoms with E-state index in [4.69, 9.17) is 5.73 Å². The number of guanidine groups is 1. The van der Waals surface area contributed by atoms with Crippen molar-refractivity contribution < 1.29 is 0 Å². The second-order valence-corrected chi connectivity index (χ2v) is 7.12. The number of nitrogens with two attached hydrogens (primary N) is 1. The molecule has 0 amide bonds. The van der Waals surface area contributed by atoms with E-state index < -0.39 is 0 Å². The Balaban J connectivity index is 2.00. The van der Waals surface area contributed by atoms with Gasteiger partial charge in [-0.1, -0.05) is 31.2 Å². The van der Waals surface area contributed by atoms with Crippen LogP contribution in [0.25, 0.3) is 0 Å². The molecule has 2 rings (SSSR count). The van der Waals surface area contributed by atoms with E-state index in [1.165, 1.54) is 24.0 Å². The van der Waals surface area contributed by atoms with Crippen molar-refractivity contribution in [3.05, 3.63) is 35.4 Å². The molecule has 128 valence electrons. The molecular weight excluding hydrogens is 284 g/mol. The summed E-state index contributed by atoms with van der Waals surface area (Å²) in [4.78, 5) is 9.23. The van der Waals surface area contributed by atoms with Gasteiger partial charge in [0, 0.05) is 25.7 Å². The normalized spacial score (nSPS) is 17.3. The fourth-order valence-corrected chi connectivity index (χ4v) is 2.82. The highest BCUT2D eigenvalue weighted by Gasteiger charge is 2.17. The van der Waals surface area contributed by atoms with Crippen LogP contribution in [0.2, 0.25) is 0 Å².